The molecule has 0 spiro atoms. The maximum absolute atomic E-state index is 14.0. The van der Waals surface area contributed by atoms with Gasteiger partial charge in [0.2, 0.25) is 5.91 Å². The molecular formula is C34H34F3N7O3. The largest absolute Gasteiger partial charge is 0.416 e. The Hall–Kier alpha value is -5.12. The van der Waals surface area contributed by atoms with E-state index in [0.717, 1.165) is 54.4 Å². The molecule has 2 unspecified atom stereocenters. The maximum atomic E-state index is 14.0. The van der Waals surface area contributed by atoms with Crippen LogP contribution in [0.15, 0.2) is 83.2 Å². The highest BCUT2D eigenvalue weighted by Gasteiger charge is 2.46. The van der Waals surface area contributed by atoms with E-state index in [1.165, 1.54) is 17.0 Å². The number of amides is 4. The molecule has 13 heteroatoms. The van der Waals surface area contributed by atoms with Crippen molar-refractivity contribution in [3.05, 3.63) is 88.8 Å². The highest BCUT2D eigenvalue weighted by molar-refractivity contribution is 6.08. The number of nitriles is 1. The van der Waals surface area contributed by atoms with Crippen LogP contribution in [-0.2, 0) is 15.8 Å². The first-order valence-electron chi connectivity index (χ1n) is 15.6. The van der Waals surface area contributed by atoms with Crippen molar-refractivity contribution in [2.24, 2.45) is 5.92 Å². The summed E-state index contributed by atoms with van der Waals surface area (Å²) in [4.78, 5) is 49.7. The van der Waals surface area contributed by atoms with E-state index >= 15 is 0 Å². The van der Waals surface area contributed by atoms with Gasteiger partial charge in [-0.2, -0.15) is 18.4 Å². The zero-order chi connectivity index (χ0) is 33.3. The van der Waals surface area contributed by atoms with E-state index in [-0.39, 0.29) is 54.3 Å². The van der Waals surface area contributed by atoms with Crippen molar-refractivity contribution >= 4 is 29.4 Å². The van der Waals surface area contributed by atoms with Crippen molar-refractivity contribution in [2.75, 3.05) is 36.0 Å². The first-order valence-corrected chi connectivity index (χ1v) is 15.6. The molecule has 10 nitrogen and oxygen atoms in total. The second-order valence-electron chi connectivity index (χ2n) is 12.2. The Morgan fingerprint density at radius 1 is 1.13 bits per heavy atom. The van der Waals surface area contributed by atoms with Crippen molar-refractivity contribution < 1.29 is 27.6 Å². The Labute approximate surface area is 270 Å². The van der Waals surface area contributed by atoms with Crippen molar-refractivity contribution in [1.82, 2.24) is 20.5 Å². The van der Waals surface area contributed by atoms with E-state index in [1.807, 2.05) is 25.1 Å². The lowest BCUT2D eigenvalue weighted by Crippen LogP contribution is -2.52. The summed E-state index contributed by atoms with van der Waals surface area (Å²) in [5.41, 5.74) is 0.859. The highest BCUT2D eigenvalue weighted by Crippen LogP contribution is 2.40. The van der Waals surface area contributed by atoms with Gasteiger partial charge in [-0.25, -0.2) is 9.78 Å². The third kappa shape index (κ3) is 6.58. The smallest absolute Gasteiger partial charge is 0.356 e. The number of anilines is 2. The molecule has 4 amide bonds. The lowest BCUT2D eigenvalue weighted by Gasteiger charge is -2.36. The molecule has 1 aromatic heterocycles. The SMILES string of the molecule is CC1CC(C#N)=CC=C1C1NC(=O)N(c2cccc(C(F)(F)F)c2)C2=C1C(=O)N(CCC(=O)NC1CCN(c3ccccn3)CC1)C2. The number of nitrogens with one attached hydrogen (secondary N) is 2. The van der Waals surface area contributed by atoms with Gasteiger partial charge in [-0.3, -0.25) is 14.5 Å². The van der Waals surface area contributed by atoms with Crippen LogP contribution in [0, 0.1) is 17.2 Å². The van der Waals surface area contributed by atoms with Gasteiger partial charge in [0.15, 0.2) is 0 Å². The number of hydrogen-bond donors (Lipinski definition) is 2. The highest BCUT2D eigenvalue weighted by atomic mass is 19.4. The first-order chi connectivity index (χ1) is 22.5. The number of benzene rings is 1. The molecule has 0 saturated carbocycles. The van der Waals surface area contributed by atoms with Crippen LogP contribution in [-0.4, -0.2) is 66.0 Å². The molecule has 6 rings (SSSR count). The number of allylic oxidation sites excluding steroid dienone is 3. The van der Waals surface area contributed by atoms with E-state index in [4.69, 9.17) is 0 Å². The molecule has 1 aromatic carbocycles. The first kappa shape index (κ1) is 31.8. The van der Waals surface area contributed by atoms with Crippen LogP contribution in [0.1, 0.15) is 38.2 Å². The molecule has 0 radical (unpaired) electrons. The number of carbonyl (C=O) groups is 3. The van der Waals surface area contributed by atoms with Crippen molar-refractivity contribution in [3.8, 4) is 6.07 Å². The fraction of sp³-hybridized carbons (Fsp3) is 0.382. The number of aromatic nitrogens is 1. The molecule has 4 heterocycles. The second kappa shape index (κ2) is 12.9. The zero-order valence-electron chi connectivity index (χ0n) is 25.8. The van der Waals surface area contributed by atoms with Gasteiger partial charge in [-0.05, 0) is 67.2 Å². The third-order valence-electron chi connectivity index (χ3n) is 9.12. The molecule has 2 N–H and O–H groups in total. The minimum atomic E-state index is -4.63. The monoisotopic (exact) mass is 645 g/mol. The van der Waals surface area contributed by atoms with Gasteiger partial charge in [-0.1, -0.05) is 25.1 Å². The van der Waals surface area contributed by atoms with E-state index in [2.05, 4.69) is 26.6 Å². The molecular weight excluding hydrogens is 611 g/mol. The Bertz CT molecular complexity index is 1710. The minimum Gasteiger partial charge on any atom is -0.356 e. The van der Waals surface area contributed by atoms with Crippen LogP contribution < -0.4 is 20.4 Å². The van der Waals surface area contributed by atoms with Gasteiger partial charge in [0, 0.05) is 43.9 Å². The fourth-order valence-electron chi connectivity index (χ4n) is 6.69. The predicted molar refractivity (Wildman–Crippen MR) is 168 cm³/mol. The number of piperidine rings is 1. The van der Waals surface area contributed by atoms with Crippen LogP contribution in [0.2, 0.25) is 0 Å². The lowest BCUT2D eigenvalue weighted by molar-refractivity contribution is -0.137. The summed E-state index contributed by atoms with van der Waals surface area (Å²) in [7, 11) is 0. The molecule has 2 aromatic rings. The number of alkyl halides is 3. The number of halogens is 3. The Morgan fingerprint density at radius 3 is 2.60 bits per heavy atom. The second-order valence-corrected chi connectivity index (χ2v) is 12.2. The van der Waals surface area contributed by atoms with Gasteiger partial charge in [-0.15, -0.1) is 0 Å². The Morgan fingerprint density at radius 2 is 1.91 bits per heavy atom. The molecule has 4 aliphatic rings. The van der Waals surface area contributed by atoms with Gasteiger partial charge in [0.1, 0.15) is 5.82 Å². The molecule has 1 fully saturated rings. The van der Waals surface area contributed by atoms with E-state index in [9.17, 15) is 32.8 Å². The van der Waals surface area contributed by atoms with Crippen molar-refractivity contribution in [3.63, 3.8) is 0 Å². The maximum Gasteiger partial charge on any atom is 0.416 e. The Kier molecular flexibility index (Phi) is 8.77. The van der Waals surface area contributed by atoms with Crippen LogP contribution >= 0.6 is 0 Å². The van der Waals surface area contributed by atoms with Crippen LogP contribution in [0.25, 0.3) is 0 Å². The molecule has 1 aliphatic carbocycles. The quantitative estimate of drug-likeness (QED) is 0.451. The summed E-state index contributed by atoms with van der Waals surface area (Å²) >= 11 is 0. The molecule has 244 valence electrons. The summed E-state index contributed by atoms with van der Waals surface area (Å²) < 4.78 is 40.8. The van der Waals surface area contributed by atoms with Crippen molar-refractivity contribution in [2.45, 2.75) is 50.9 Å². The lowest BCUT2D eigenvalue weighted by atomic mass is 9.81. The van der Waals surface area contributed by atoms with Gasteiger partial charge in [0.25, 0.3) is 5.91 Å². The van der Waals surface area contributed by atoms with E-state index < -0.39 is 29.7 Å². The van der Waals surface area contributed by atoms with Crippen LogP contribution in [0.3, 0.4) is 0 Å². The predicted octanol–water partition coefficient (Wildman–Crippen LogP) is 4.69. The Balaban J connectivity index is 1.19. The van der Waals surface area contributed by atoms with Crippen LogP contribution in [0.4, 0.5) is 29.5 Å². The molecule has 0 bridgehead atoms. The summed E-state index contributed by atoms with van der Waals surface area (Å²) in [5.74, 6) is 0.107. The summed E-state index contributed by atoms with van der Waals surface area (Å²) in [6.07, 6.45) is 2.44. The number of hydrogen-bond acceptors (Lipinski definition) is 6. The molecule has 1 saturated heterocycles. The number of nitrogens with zero attached hydrogens (tertiary/aromatic N) is 5. The zero-order valence-corrected chi connectivity index (χ0v) is 25.8. The normalized spacial score (nSPS) is 22.0. The fourth-order valence-corrected chi connectivity index (χ4v) is 6.69. The van der Waals surface area contributed by atoms with Gasteiger partial charge >= 0.3 is 12.2 Å². The summed E-state index contributed by atoms with van der Waals surface area (Å²) in [6.45, 7) is 3.40. The average molecular weight is 646 g/mol. The number of urea groups is 1. The third-order valence-corrected chi connectivity index (χ3v) is 9.12. The topological polar surface area (TPSA) is 122 Å². The number of carbonyl (C=O) groups excluding carboxylic acids is 3. The standard InChI is InChI=1S/C34H34F3N7O3/c1-21-17-22(19-38)8-9-26(21)31-30-27(44(33(47)41-31)25-6-4-5-23(18-25)34(35,36)37)20-43(32(30)46)16-12-29(45)40-24-10-14-42(15-11-24)28-7-2-3-13-39-28/h2-9,13,18,21,24,31H,10-12,14-17,20H2,1H3,(H,40,45)(H,41,47). The summed E-state index contributed by atoms with van der Waals surface area (Å²) in [5, 5.41) is 15.3. The minimum absolute atomic E-state index is 0.0169. The van der Waals surface area contributed by atoms with Gasteiger partial charge in [0.05, 0.1) is 41.2 Å². The van der Waals surface area contributed by atoms with E-state index in [0.29, 0.717) is 12.0 Å². The van der Waals surface area contributed by atoms with Crippen molar-refractivity contribution in [1.29, 1.82) is 5.26 Å². The van der Waals surface area contributed by atoms with Gasteiger partial charge < -0.3 is 20.4 Å². The number of pyridine rings is 1. The average Bonchev–Trinajstić information content (AvgIpc) is 3.39. The number of rotatable bonds is 7. The van der Waals surface area contributed by atoms with E-state index in [1.54, 1.807) is 18.3 Å². The molecule has 47 heavy (non-hydrogen) atoms. The molecule has 3 aliphatic heterocycles. The molecule has 2 atom stereocenters. The van der Waals surface area contributed by atoms with Crippen LogP contribution in [0.5, 0.6) is 0 Å². The summed E-state index contributed by atoms with van der Waals surface area (Å²) in [6, 6.07) is 10.8.